The topological polar surface area (TPSA) is 66.5 Å². The minimum absolute atomic E-state index is 0.212. The molecule has 1 heterocycles. The average Bonchev–Trinajstić information content (AvgIpc) is 3.05. The molecule has 0 bridgehead atoms. The molecule has 0 atom stereocenters. The highest BCUT2D eigenvalue weighted by Gasteiger charge is 2.51. The zero-order chi connectivity index (χ0) is 9.60. The van der Waals surface area contributed by atoms with Crippen molar-refractivity contribution in [3.8, 4) is 0 Å². The quantitative estimate of drug-likeness (QED) is 0.753. The van der Waals surface area contributed by atoms with Gasteiger partial charge in [-0.3, -0.25) is 0 Å². The molecule has 14 heavy (non-hydrogen) atoms. The van der Waals surface area contributed by atoms with E-state index in [1.807, 2.05) is 0 Å². The van der Waals surface area contributed by atoms with Gasteiger partial charge in [-0.05, 0) is 49.7 Å². The molecule has 2 N–H and O–H groups in total. The van der Waals surface area contributed by atoms with Gasteiger partial charge in [0.05, 0.1) is 0 Å². The highest BCUT2D eigenvalue weighted by molar-refractivity contribution is 5.30. The summed E-state index contributed by atoms with van der Waals surface area (Å²) in [4.78, 5) is 0. The Labute approximate surface area is 82.7 Å². The molecule has 2 fully saturated rings. The third-order valence-corrected chi connectivity index (χ3v) is 3.58. The van der Waals surface area contributed by atoms with Gasteiger partial charge in [0, 0.05) is 5.54 Å². The highest BCUT2D eigenvalue weighted by Crippen LogP contribution is 2.52. The van der Waals surface area contributed by atoms with Crippen LogP contribution in [0.5, 0.6) is 0 Å². The Balaban J connectivity index is 1.78. The number of rotatable bonds is 4. The predicted molar refractivity (Wildman–Crippen MR) is 51.7 cm³/mol. The van der Waals surface area contributed by atoms with E-state index in [2.05, 4.69) is 32.9 Å². The molecular weight excluding hydrogens is 178 g/mol. The van der Waals surface area contributed by atoms with E-state index < -0.39 is 0 Å². The van der Waals surface area contributed by atoms with Crippen LogP contribution in [-0.2, 0) is 0 Å². The number of hydrogen-bond donors (Lipinski definition) is 2. The summed E-state index contributed by atoms with van der Waals surface area (Å²) in [7, 11) is 0. The SMILES string of the molecule is CC(Nc1nn[nH]n1)(C1CC1)C1CC1. The van der Waals surface area contributed by atoms with Crippen LogP contribution in [0.15, 0.2) is 0 Å². The predicted octanol–water partition coefficient (Wildman–Crippen LogP) is 1.19. The Bertz CT molecular complexity index is 300. The summed E-state index contributed by atoms with van der Waals surface area (Å²) in [6.07, 6.45) is 5.38. The van der Waals surface area contributed by atoms with Gasteiger partial charge in [0.1, 0.15) is 0 Å². The molecule has 0 amide bonds. The Morgan fingerprint density at radius 1 is 1.29 bits per heavy atom. The Morgan fingerprint density at radius 2 is 1.93 bits per heavy atom. The van der Waals surface area contributed by atoms with Crippen molar-refractivity contribution in [3.63, 3.8) is 0 Å². The number of nitrogens with one attached hydrogen (secondary N) is 2. The molecule has 1 aromatic heterocycles. The van der Waals surface area contributed by atoms with E-state index >= 15 is 0 Å². The molecule has 5 nitrogen and oxygen atoms in total. The number of anilines is 1. The number of tetrazole rings is 1. The lowest BCUT2D eigenvalue weighted by molar-refractivity contribution is 0.390. The summed E-state index contributed by atoms with van der Waals surface area (Å²) in [5, 5.41) is 17.4. The van der Waals surface area contributed by atoms with Crippen LogP contribution in [0.2, 0.25) is 0 Å². The molecule has 5 heteroatoms. The third-order valence-electron chi connectivity index (χ3n) is 3.58. The van der Waals surface area contributed by atoms with Crippen molar-refractivity contribution in [1.29, 1.82) is 0 Å². The zero-order valence-corrected chi connectivity index (χ0v) is 8.32. The van der Waals surface area contributed by atoms with Crippen LogP contribution in [0.3, 0.4) is 0 Å². The summed E-state index contributed by atoms with van der Waals surface area (Å²) in [5.41, 5.74) is 0.212. The average molecular weight is 193 g/mol. The first kappa shape index (κ1) is 8.20. The van der Waals surface area contributed by atoms with E-state index in [4.69, 9.17) is 0 Å². The van der Waals surface area contributed by atoms with E-state index in [0.29, 0.717) is 5.95 Å². The molecule has 0 saturated heterocycles. The molecule has 2 saturated carbocycles. The molecule has 0 aliphatic heterocycles. The number of aromatic amines is 1. The van der Waals surface area contributed by atoms with Crippen LogP contribution in [0.1, 0.15) is 32.6 Å². The second-order valence-corrected chi connectivity index (χ2v) is 4.69. The van der Waals surface area contributed by atoms with Gasteiger partial charge >= 0.3 is 0 Å². The lowest BCUT2D eigenvalue weighted by Crippen LogP contribution is -2.40. The van der Waals surface area contributed by atoms with E-state index in [1.165, 1.54) is 25.7 Å². The van der Waals surface area contributed by atoms with Crippen LogP contribution in [-0.4, -0.2) is 26.2 Å². The summed E-state index contributed by atoms with van der Waals surface area (Å²) >= 11 is 0. The van der Waals surface area contributed by atoms with Crippen LogP contribution in [0.25, 0.3) is 0 Å². The molecule has 1 aromatic rings. The van der Waals surface area contributed by atoms with Crippen molar-refractivity contribution in [3.05, 3.63) is 0 Å². The summed E-state index contributed by atoms with van der Waals surface area (Å²) in [6.45, 7) is 2.30. The van der Waals surface area contributed by atoms with Crippen LogP contribution < -0.4 is 5.32 Å². The van der Waals surface area contributed by atoms with Crippen LogP contribution in [0, 0.1) is 11.8 Å². The summed E-state index contributed by atoms with van der Waals surface area (Å²) in [6, 6.07) is 0. The maximum absolute atomic E-state index is 3.96. The molecule has 0 radical (unpaired) electrons. The van der Waals surface area contributed by atoms with Gasteiger partial charge in [-0.1, -0.05) is 5.10 Å². The molecule has 0 aromatic carbocycles. The van der Waals surface area contributed by atoms with E-state index in [1.54, 1.807) is 0 Å². The molecule has 2 aliphatic carbocycles. The third kappa shape index (κ3) is 1.27. The summed E-state index contributed by atoms with van der Waals surface area (Å²) in [5.74, 6) is 2.27. The van der Waals surface area contributed by atoms with Gasteiger partial charge in [0.15, 0.2) is 0 Å². The second kappa shape index (κ2) is 2.68. The van der Waals surface area contributed by atoms with Gasteiger partial charge in [-0.15, -0.1) is 5.10 Å². The first-order valence-electron chi connectivity index (χ1n) is 5.30. The Kier molecular flexibility index (Phi) is 1.57. The fraction of sp³-hybridized carbons (Fsp3) is 0.889. The first-order chi connectivity index (χ1) is 6.79. The van der Waals surface area contributed by atoms with Crippen molar-refractivity contribution in [1.82, 2.24) is 20.6 Å². The molecule has 76 valence electrons. The second-order valence-electron chi connectivity index (χ2n) is 4.69. The van der Waals surface area contributed by atoms with Crippen molar-refractivity contribution < 1.29 is 0 Å². The number of nitrogens with zero attached hydrogens (tertiary/aromatic N) is 3. The van der Waals surface area contributed by atoms with E-state index in [0.717, 1.165) is 11.8 Å². The number of aromatic nitrogens is 4. The maximum Gasteiger partial charge on any atom is 0.263 e. The normalized spacial score (nSPS) is 22.4. The van der Waals surface area contributed by atoms with E-state index in [9.17, 15) is 0 Å². The van der Waals surface area contributed by atoms with E-state index in [-0.39, 0.29) is 5.54 Å². The van der Waals surface area contributed by atoms with Gasteiger partial charge < -0.3 is 5.32 Å². The van der Waals surface area contributed by atoms with Crippen molar-refractivity contribution in [2.45, 2.75) is 38.1 Å². The Morgan fingerprint density at radius 3 is 2.36 bits per heavy atom. The standard InChI is InChI=1S/C9H15N5/c1-9(6-2-3-6,7-4-5-7)10-8-11-13-14-12-8/h6-7H,2-5H2,1H3,(H2,10,11,12,13,14). The van der Waals surface area contributed by atoms with Crippen molar-refractivity contribution >= 4 is 5.95 Å². The largest absolute Gasteiger partial charge is 0.346 e. The highest BCUT2D eigenvalue weighted by atomic mass is 15.5. The minimum atomic E-state index is 0.212. The molecule has 0 spiro atoms. The zero-order valence-electron chi connectivity index (χ0n) is 8.32. The van der Waals surface area contributed by atoms with Crippen molar-refractivity contribution in [2.24, 2.45) is 11.8 Å². The van der Waals surface area contributed by atoms with Crippen LogP contribution >= 0.6 is 0 Å². The monoisotopic (exact) mass is 193 g/mol. The molecular formula is C9H15N5. The Hall–Kier alpha value is -1.13. The molecule has 2 aliphatic rings. The number of H-pyrrole nitrogens is 1. The van der Waals surface area contributed by atoms with Gasteiger partial charge in [0.25, 0.3) is 5.95 Å². The number of hydrogen-bond acceptors (Lipinski definition) is 4. The lowest BCUT2D eigenvalue weighted by atomic mass is 9.90. The fourth-order valence-corrected chi connectivity index (χ4v) is 2.36. The lowest BCUT2D eigenvalue weighted by Gasteiger charge is -2.30. The molecule has 3 rings (SSSR count). The van der Waals surface area contributed by atoms with Gasteiger partial charge in [-0.2, -0.15) is 5.21 Å². The first-order valence-corrected chi connectivity index (χ1v) is 5.30. The minimum Gasteiger partial charge on any atom is -0.346 e. The maximum atomic E-state index is 3.96. The van der Waals surface area contributed by atoms with Gasteiger partial charge in [0.2, 0.25) is 0 Å². The van der Waals surface area contributed by atoms with Crippen LogP contribution in [0.4, 0.5) is 5.95 Å². The fourth-order valence-electron chi connectivity index (χ4n) is 2.36. The van der Waals surface area contributed by atoms with Gasteiger partial charge in [-0.25, -0.2) is 0 Å². The van der Waals surface area contributed by atoms with Crippen molar-refractivity contribution in [2.75, 3.05) is 5.32 Å². The summed E-state index contributed by atoms with van der Waals surface area (Å²) < 4.78 is 0. The smallest absolute Gasteiger partial charge is 0.263 e. The molecule has 0 unspecified atom stereocenters.